The van der Waals surface area contributed by atoms with Gasteiger partial charge in [0.15, 0.2) is 0 Å². The Morgan fingerprint density at radius 3 is 2.53 bits per heavy atom. The molecule has 2 nitrogen and oxygen atoms in total. The van der Waals surface area contributed by atoms with Gasteiger partial charge in [0.1, 0.15) is 0 Å². The predicted molar refractivity (Wildman–Crippen MR) is 80.4 cm³/mol. The van der Waals surface area contributed by atoms with E-state index in [1.165, 1.54) is 30.4 Å². The normalized spacial score (nSPS) is 21.6. The number of rotatable bonds is 5. The minimum atomic E-state index is 0.403. The van der Waals surface area contributed by atoms with Gasteiger partial charge in [-0.3, -0.25) is 0 Å². The zero-order valence-electron chi connectivity index (χ0n) is 12.5. The second-order valence-electron chi connectivity index (χ2n) is 6.14. The minimum absolute atomic E-state index is 0.403. The lowest BCUT2D eigenvalue weighted by atomic mass is 9.99. The molecule has 2 unspecified atom stereocenters. The molecule has 1 aliphatic rings. The molecule has 0 radical (unpaired) electrons. The second kappa shape index (κ2) is 7.06. The Hall–Kier alpha value is -0.860. The topological polar surface area (TPSA) is 21.3 Å². The molecule has 1 aromatic rings. The molecule has 1 saturated heterocycles. The number of hydrogen-bond donors (Lipinski definition) is 1. The molecule has 2 atom stereocenters. The van der Waals surface area contributed by atoms with E-state index in [1.54, 1.807) is 0 Å². The smallest absolute Gasteiger partial charge is 0.0619 e. The third kappa shape index (κ3) is 4.63. The van der Waals surface area contributed by atoms with Crippen LogP contribution >= 0.6 is 0 Å². The standard InChI is InChI=1S/C17H27NO/c1-13(2)11-15-6-8-16(9-7-15)14(3)18-17-5-4-10-19-12-17/h6-9,13-14,17-18H,4-5,10-12H2,1-3H3. The van der Waals surface area contributed by atoms with E-state index in [4.69, 9.17) is 4.74 Å². The average Bonchev–Trinajstić information content (AvgIpc) is 2.40. The highest BCUT2D eigenvalue weighted by Gasteiger charge is 2.16. The maximum atomic E-state index is 5.52. The summed E-state index contributed by atoms with van der Waals surface area (Å²) in [6.45, 7) is 8.56. The lowest BCUT2D eigenvalue weighted by Crippen LogP contribution is -2.38. The molecular weight excluding hydrogens is 234 g/mol. The Bertz CT molecular complexity index is 365. The average molecular weight is 261 g/mol. The van der Waals surface area contributed by atoms with Crippen LogP contribution in [0.15, 0.2) is 24.3 Å². The second-order valence-corrected chi connectivity index (χ2v) is 6.14. The van der Waals surface area contributed by atoms with Crippen molar-refractivity contribution in [3.05, 3.63) is 35.4 Å². The molecule has 0 saturated carbocycles. The molecule has 0 amide bonds. The number of nitrogens with one attached hydrogen (secondary N) is 1. The summed E-state index contributed by atoms with van der Waals surface area (Å²) in [5, 5.41) is 3.67. The molecule has 2 heteroatoms. The fourth-order valence-electron chi connectivity index (χ4n) is 2.74. The van der Waals surface area contributed by atoms with Gasteiger partial charge in [0.05, 0.1) is 6.61 Å². The summed E-state index contributed by atoms with van der Waals surface area (Å²) in [6, 6.07) is 9.98. The Morgan fingerprint density at radius 2 is 1.95 bits per heavy atom. The van der Waals surface area contributed by atoms with Gasteiger partial charge in [0.2, 0.25) is 0 Å². The summed E-state index contributed by atoms with van der Waals surface area (Å²) in [6.07, 6.45) is 3.58. The van der Waals surface area contributed by atoms with Gasteiger partial charge in [0.25, 0.3) is 0 Å². The van der Waals surface area contributed by atoms with Crippen LogP contribution in [0.3, 0.4) is 0 Å². The van der Waals surface area contributed by atoms with Crippen molar-refractivity contribution in [2.45, 2.75) is 52.1 Å². The molecule has 1 heterocycles. The number of hydrogen-bond acceptors (Lipinski definition) is 2. The first kappa shape index (κ1) is 14.5. The van der Waals surface area contributed by atoms with Gasteiger partial charge >= 0.3 is 0 Å². The molecule has 1 aliphatic heterocycles. The maximum Gasteiger partial charge on any atom is 0.0619 e. The minimum Gasteiger partial charge on any atom is -0.380 e. The SMILES string of the molecule is CC(C)Cc1ccc(C(C)NC2CCCOC2)cc1. The van der Waals surface area contributed by atoms with Crippen molar-refractivity contribution in [1.29, 1.82) is 0 Å². The molecule has 0 bridgehead atoms. The van der Waals surface area contributed by atoms with E-state index in [2.05, 4.69) is 50.4 Å². The molecule has 0 aromatic heterocycles. The van der Waals surface area contributed by atoms with Gasteiger partial charge in [-0.25, -0.2) is 0 Å². The van der Waals surface area contributed by atoms with Crippen molar-refractivity contribution in [3.8, 4) is 0 Å². The Balaban J connectivity index is 1.89. The summed E-state index contributed by atoms with van der Waals surface area (Å²) in [4.78, 5) is 0. The molecule has 0 spiro atoms. The number of ether oxygens (including phenoxy) is 1. The molecule has 1 fully saturated rings. The van der Waals surface area contributed by atoms with E-state index in [0.29, 0.717) is 12.1 Å². The lowest BCUT2D eigenvalue weighted by molar-refractivity contribution is 0.0671. The van der Waals surface area contributed by atoms with E-state index in [1.807, 2.05) is 0 Å². The molecule has 0 aliphatic carbocycles. The van der Waals surface area contributed by atoms with Crippen molar-refractivity contribution < 1.29 is 4.74 Å². The van der Waals surface area contributed by atoms with Crippen LogP contribution in [0, 0.1) is 5.92 Å². The van der Waals surface area contributed by atoms with Gasteiger partial charge in [-0.15, -0.1) is 0 Å². The highest BCUT2D eigenvalue weighted by molar-refractivity contribution is 5.25. The van der Waals surface area contributed by atoms with Gasteiger partial charge in [-0.2, -0.15) is 0 Å². The van der Waals surface area contributed by atoms with Crippen molar-refractivity contribution in [1.82, 2.24) is 5.32 Å². The van der Waals surface area contributed by atoms with Gasteiger partial charge < -0.3 is 10.1 Å². The molecule has 19 heavy (non-hydrogen) atoms. The maximum absolute atomic E-state index is 5.52. The van der Waals surface area contributed by atoms with E-state index < -0.39 is 0 Å². The third-order valence-electron chi connectivity index (χ3n) is 3.77. The predicted octanol–water partition coefficient (Wildman–Crippen LogP) is 3.71. The van der Waals surface area contributed by atoms with E-state index in [9.17, 15) is 0 Å². The van der Waals surface area contributed by atoms with Gasteiger partial charge in [-0.05, 0) is 43.2 Å². The van der Waals surface area contributed by atoms with E-state index in [-0.39, 0.29) is 0 Å². The van der Waals surface area contributed by atoms with Crippen molar-refractivity contribution in [2.75, 3.05) is 13.2 Å². The fourth-order valence-corrected chi connectivity index (χ4v) is 2.74. The largest absolute Gasteiger partial charge is 0.380 e. The van der Waals surface area contributed by atoms with Crippen LogP contribution in [0.5, 0.6) is 0 Å². The lowest BCUT2D eigenvalue weighted by Gasteiger charge is -2.27. The summed E-state index contributed by atoms with van der Waals surface area (Å²) in [5.41, 5.74) is 2.81. The fraction of sp³-hybridized carbons (Fsp3) is 0.647. The van der Waals surface area contributed by atoms with Crippen LogP contribution in [-0.4, -0.2) is 19.3 Å². The van der Waals surface area contributed by atoms with Crippen LogP contribution < -0.4 is 5.32 Å². The van der Waals surface area contributed by atoms with Crippen LogP contribution in [0.1, 0.15) is 50.8 Å². The highest BCUT2D eigenvalue weighted by atomic mass is 16.5. The Kier molecular flexibility index (Phi) is 5.41. The molecular formula is C17H27NO. The van der Waals surface area contributed by atoms with Crippen LogP contribution in [0.2, 0.25) is 0 Å². The summed E-state index contributed by atoms with van der Waals surface area (Å²) in [5.74, 6) is 0.723. The van der Waals surface area contributed by atoms with Crippen LogP contribution in [0.4, 0.5) is 0 Å². The van der Waals surface area contributed by atoms with Gasteiger partial charge in [-0.1, -0.05) is 38.1 Å². The third-order valence-corrected chi connectivity index (χ3v) is 3.77. The first-order chi connectivity index (χ1) is 9.15. The molecule has 106 valence electrons. The molecule has 1 N–H and O–H groups in total. The van der Waals surface area contributed by atoms with E-state index >= 15 is 0 Å². The zero-order valence-corrected chi connectivity index (χ0v) is 12.5. The molecule has 2 rings (SSSR count). The summed E-state index contributed by atoms with van der Waals surface area (Å²) >= 11 is 0. The van der Waals surface area contributed by atoms with Crippen LogP contribution in [0.25, 0.3) is 0 Å². The highest BCUT2D eigenvalue weighted by Crippen LogP contribution is 2.18. The summed E-state index contributed by atoms with van der Waals surface area (Å²) < 4.78 is 5.52. The quantitative estimate of drug-likeness (QED) is 0.872. The van der Waals surface area contributed by atoms with Crippen molar-refractivity contribution >= 4 is 0 Å². The Morgan fingerprint density at radius 1 is 1.21 bits per heavy atom. The first-order valence-electron chi connectivity index (χ1n) is 7.58. The zero-order chi connectivity index (χ0) is 13.7. The van der Waals surface area contributed by atoms with E-state index in [0.717, 1.165) is 19.1 Å². The first-order valence-corrected chi connectivity index (χ1v) is 7.58. The van der Waals surface area contributed by atoms with Crippen molar-refractivity contribution in [3.63, 3.8) is 0 Å². The monoisotopic (exact) mass is 261 g/mol. The molecule has 1 aromatic carbocycles. The van der Waals surface area contributed by atoms with Crippen LogP contribution in [-0.2, 0) is 11.2 Å². The number of benzene rings is 1. The van der Waals surface area contributed by atoms with Crippen molar-refractivity contribution in [2.24, 2.45) is 5.92 Å². The van der Waals surface area contributed by atoms with Gasteiger partial charge in [0, 0.05) is 18.7 Å². The summed E-state index contributed by atoms with van der Waals surface area (Å²) in [7, 11) is 0. The Labute approximate surface area is 117 Å².